The van der Waals surface area contributed by atoms with Crippen molar-refractivity contribution in [2.75, 3.05) is 25.5 Å². The van der Waals surface area contributed by atoms with E-state index < -0.39 is 0 Å². The van der Waals surface area contributed by atoms with Gasteiger partial charge >= 0.3 is 0 Å². The Morgan fingerprint density at radius 1 is 1.40 bits per heavy atom. The van der Waals surface area contributed by atoms with Gasteiger partial charge in [-0.25, -0.2) is 0 Å². The van der Waals surface area contributed by atoms with Crippen LogP contribution in [0.25, 0.3) is 0 Å². The van der Waals surface area contributed by atoms with Crippen LogP contribution in [0.3, 0.4) is 0 Å². The Bertz CT molecular complexity index is 701. The lowest BCUT2D eigenvalue weighted by molar-refractivity contribution is 0.131. The highest BCUT2D eigenvalue weighted by Gasteiger charge is 2.35. The van der Waals surface area contributed by atoms with Gasteiger partial charge in [0.15, 0.2) is 0 Å². The third-order valence-corrected chi connectivity index (χ3v) is 5.36. The third kappa shape index (κ3) is 3.41. The summed E-state index contributed by atoms with van der Waals surface area (Å²) in [6.45, 7) is 2.61. The average Bonchev–Trinajstić information content (AvgIpc) is 3.30. The Morgan fingerprint density at radius 2 is 2.28 bits per heavy atom. The first-order valence-electron chi connectivity index (χ1n) is 9.14. The van der Waals surface area contributed by atoms with E-state index in [2.05, 4.69) is 36.3 Å². The molecule has 1 aliphatic heterocycles. The minimum absolute atomic E-state index is 0.243. The highest BCUT2D eigenvalue weighted by atomic mass is 16.3. The van der Waals surface area contributed by atoms with E-state index in [-0.39, 0.29) is 17.9 Å². The van der Waals surface area contributed by atoms with Crippen molar-refractivity contribution in [2.24, 2.45) is 5.92 Å². The molecule has 8 nitrogen and oxygen atoms in total. The number of aryl methyl sites for hydroxylation is 2. The lowest BCUT2D eigenvalue weighted by Crippen LogP contribution is -2.27. The zero-order valence-electron chi connectivity index (χ0n) is 14.9. The Hall–Kier alpha value is -1.93. The van der Waals surface area contributed by atoms with Crippen molar-refractivity contribution < 1.29 is 5.11 Å². The van der Waals surface area contributed by atoms with Crippen molar-refractivity contribution in [1.29, 1.82) is 0 Å². The number of aliphatic hydroxyl groups excluding tert-OH is 1. The van der Waals surface area contributed by atoms with Crippen molar-refractivity contribution >= 4 is 5.95 Å². The van der Waals surface area contributed by atoms with Crippen LogP contribution in [0, 0.1) is 5.92 Å². The van der Waals surface area contributed by atoms with E-state index in [0.717, 1.165) is 50.4 Å². The van der Waals surface area contributed by atoms with Gasteiger partial charge in [-0.05, 0) is 37.7 Å². The van der Waals surface area contributed by atoms with Gasteiger partial charge in [0.05, 0.1) is 11.8 Å². The number of fused-ring (bicyclic) bond motifs is 1. The molecule has 136 valence electrons. The number of H-pyrrole nitrogens is 1. The maximum atomic E-state index is 10.4. The molecule has 1 saturated carbocycles. The van der Waals surface area contributed by atoms with Crippen molar-refractivity contribution in [3.63, 3.8) is 0 Å². The van der Waals surface area contributed by atoms with Gasteiger partial charge in [0.25, 0.3) is 0 Å². The van der Waals surface area contributed by atoms with Gasteiger partial charge in [0.2, 0.25) is 5.95 Å². The van der Waals surface area contributed by atoms with Gasteiger partial charge in [-0.3, -0.25) is 9.78 Å². The van der Waals surface area contributed by atoms with Crippen molar-refractivity contribution in [1.82, 2.24) is 30.3 Å². The van der Waals surface area contributed by atoms with Crippen LogP contribution in [0.4, 0.5) is 5.95 Å². The predicted octanol–water partition coefficient (Wildman–Crippen LogP) is 0.658. The summed E-state index contributed by atoms with van der Waals surface area (Å²) in [5.74, 6) is 2.07. The van der Waals surface area contributed by atoms with Crippen LogP contribution in [-0.4, -0.2) is 56.8 Å². The Kier molecular flexibility index (Phi) is 4.47. The molecule has 2 aliphatic rings. The summed E-state index contributed by atoms with van der Waals surface area (Å²) in [5.41, 5.74) is 2.45. The van der Waals surface area contributed by atoms with Crippen molar-refractivity contribution in [3.8, 4) is 0 Å². The van der Waals surface area contributed by atoms with E-state index in [4.69, 9.17) is 0 Å². The van der Waals surface area contributed by atoms with Gasteiger partial charge < -0.3 is 15.3 Å². The van der Waals surface area contributed by atoms with Gasteiger partial charge in [-0.2, -0.15) is 10.1 Å². The first-order valence-corrected chi connectivity index (χ1v) is 9.14. The average molecular weight is 345 g/mol. The summed E-state index contributed by atoms with van der Waals surface area (Å²) in [6.07, 6.45) is 3.73. The number of aliphatic hydroxyl groups is 1. The fourth-order valence-electron chi connectivity index (χ4n) is 3.98. The summed E-state index contributed by atoms with van der Waals surface area (Å²) >= 11 is 0. The third-order valence-electron chi connectivity index (χ3n) is 5.36. The highest BCUT2D eigenvalue weighted by molar-refractivity contribution is 5.26. The van der Waals surface area contributed by atoms with Gasteiger partial charge in [-0.15, -0.1) is 5.10 Å². The number of aromatic amines is 1. The van der Waals surface area contributed by atoms with Crippen LogP contribution in [-0.2, 0) is 19.5 Å². The van der Waals surface area contributed by atoms with E-state index in [9.17, 15) is 5.11 Å². The molecule has 25 heavy (non-hydrogen) atoms. The summed E-state index contributed by atoms with van der Waals surface area (Å²) in [6, 6.07) is 2.20. The number of hydrogen-bond acceptors (Lipinski definition) is 6. The molecule has 3 atom stereocenters. The zero-order chi connectivity index (χ0) is 17.4. The lowest BCUT2D eigenvalue weighted by Gasteiger charge is -2.14. The molecule has 4 rings (SSSR count). The largest absolute Gasteiger partial charge is 0.393 e. The fourth-order valence-corrected chi connectivity index (χ4v) is 3.98. The Morgan fingerprint density at radius 3 is 3.04 bits per heavy atom. The number of anilines is 1. The zero-order valence-corrected chi connectivity index (χ0v) is 14.9. The van der Waals surface area contributed by atoms with Gasteiger partial charge in [-0.1, -0.05) is 0 Å². The maximum Gasteiger partial charge on any atom is 0.244 e. The van der Waals surface area contributed by atoms with Crippen LogP contribution in [0.1, 0.15) is 42.4 Å². The van der Waals surface area contributed by atoms with Crippen LogP contribution >= 0.6 is 0 Å². The van der Waals surface area contributed by atoms with E-state index in [1.54, 1.807) is 0 Å². The Labute approximate surface area is 147 Å². The summed E-state index contributed by atoms with van der Waals surface area (Å²) in [5, 5.41) is 25.7. The van der Waals surface area contributed by atoms with E-state index in [0.29, 0.717) is 5.95 Å². The molecule has 0 aromatic carbocycles. The van der Waals surface area contributed by atoms with Crippen molar-refractivity contribution in [3.05, 3.63) is 23.3 Å². The number of rotatable bonds is 6. The molecule has 0 saturated heterocycles. The first kappa shape index (κ1) is 16.5. The molecule has 2 aromatic heterocycles. The molecule has 3 N–H and O–H groups in total. The summed E-state index contributed by atoms with van der Waals surface area (Å²) in [7, 11) is 3.85. The molecular weight excluding hydrogens is 318 g/mol. The SMILES string of the molecule is CN(C)c1n[nH]c([C@H]2C[C@H](CNCc3cc4n(n3)CCC4)[C@H](O)C2)n1. The normalized spacial score (nSPS) is 25.5. The molecule has 3 heterocycles. The monoisotopic (exact) mass is 345 g/mol. The van der Waals surface area contributed by atoms with E-state index in [1.165, 1.54) is 12.1 Å². The smallest absolute Gasteiger partial charge is 0.244 e. The van der Waals surface area contributed by atoms with Crippen LogP contribution in [0.5, 0.6) is 0 Å². The fraction of sp³-hybridized carbons (Fsp3) is 0.706. The Balaban J connectivity index is 1.29. The van der Waals surface area contributed by atoms with Crippen molar-refractivity contribution in [2.45, 2.75) is 50.8 Å². The number of aromatic nitrogens is 5. The van der Waals surface area contributed by atoms with E-state index in [1.807, 2.05) is 19.0 Å². The topological polar surface area (TPSA) is 94.9 Å². The molecule has 0 unspecified atom stereocenters. The minimum Gasteiger partial charge on any atom is -0.393 e. The molecule has 2 aromatic rings. The molecular formula is C17H27N7O. The van der Waals surface area contributed by atoms with Gasteiger partial charge in [0.1, 0.15) is 5.82 Å². The standard InChI is InChI=1S/C17H27N7O/c1-23(2)17-19-16(20-21-17)11-6-12(15(25)7-11)9-18-10-13-8-14-4-3-5-24(14)22-13/h8,11-12,15,18,25H,3-7,9-10H2,1-2H3,(H,19,20,21)/t11-,12+,15+/m0/s1. The minimum atomic E-state index is -0.294. The second kappa shape index (κ2) is 6.76. The van der Waals surface area contributed by atoms with Gasteiger partial charge in [0, 0.05) is 45.3 Å². The van der Waals surface area contributed by atoms with Crippen LogP contribution in [0.15, 0.2) is 6.07 Å². The van der Waals surface area contributed by atoms with Crippen LogP contribution < -0.4 is 10.2 Å². The molecule has 0 amide bonds. The molecule has 1 aliphatic carbocycles. The van der Waals surface area contributed by atoms with Crippen LogP contribution in [0.2, 0.25) is 0 Å². The molecule has 0 bridgehead atoms. The second-order valence-electron chi connectivity index (χ2n) is 7.50. The quantitative estimate of drug-likeness (QED) is 0.712. The second-order valence-corrected chi connectivity index (χ2v) is 7.50. The molecule has 8 heteroatoms. The lowest BCUT2D eigenvalue weighted by atomic mass is 10.0. The number of nitrogens with one attached hydrogen (secondary N) is 2. The predicted molar refractivity (Wildman–Crippen MR) is 94.4 cm³/mol. The first-order chi connectivity index (χ1) is 12.1. The number of nitrogens with zero attached hydrogens (tertiary/aromatic N) is 5. The summed E-state index contributed by atoms with van der Waals surface area (Å²) in [4.78, 5) is 6.41. The molecule has 0 radical (unpaired) electrons. The molecule has 1 fully saturated rings. The summed E-state index contributed by atoms with van der Waals surface area (Å²) < 4.78 is 2.11. The maximum absolute atomic E-state index is 10.4. The molecule has 0 spiro atoms. The van der Waals surface area contributed by atoms with E-state index >= 15 is 0 Å². The highest BCUT2D eigenvalue weighted by Crippen LogP contribution is 2.37. The number of hydrogen-bond donors (Lipinski definition) is 3.